The number of carbonyl (C=O) groups excluding carboxylic acids is 1. The summed E-state index contributed by atoms with van der Waals surface area (Å²) in [6, 6.07) is 0. The normalized spacial score (nSPS) is 10.7. The average molecular weight is 377 g/mol. The molecule has 0 heterocycles. The highest BCUT2D eigenvalue weighted by Gasteiger charge is 2.28. The van der Waals surface area contributed by atoms with E-state index in [1.165, 1.54) is 44.6 Å². The van der Waals surface area contributed by atoms with Gasteiger partial charge in [0.15, 0.2) is 0 Å². The van der Waals surface area contributed by atoms with Crippen LogP contribution in [-0.2, 0) is 19.0 Å². The van der Waals surface area contributed by atoms with Crippen molar-refractivity contribution in [3.05, 3.63) is 12.2 Å². The van der Waals surface area contributed by atoms with Crippen molar-refractivity contribution in [1.82, 2.24) is 0 Å². The molecule has 0 saturated carbocycles. The fourth-order valence-corrected chi connectivity index (χ4v) is 2.02. The van der Waals surface area contributed by atoms with Gasteiger partial charge in [-0.25, -0.2) is 0 Å². The van der Waals surface area contributed by atoms with Crippen molar-refractivity contribution in [2.24, 2.45) is 11.5 Å². The molecule has 158 valence electrons. The predicted octanol–water partition coefficient (Wildman–Crippen LogP) is 4.12. The maximum absolute atomic E-state index is 9.73. The van der Waals surface area contributed by atoms with E-state index >= 15 is 0 Å². The van der Waals surface area contributed by atoms with Crippen molar-refractivity contribution in [3.8, 4) is 0 Å². The van der Waals surface area contributed by atoms with Gasteiger partial charge in [-0.15, -0.1) is 0 Å². The lowest BCUT2D eigenvalue weighted by Gasteiger charge is -2.28. The predicted molar refractivity (Wildman–Crippen MR) is 110 cm³/mol. The van der Waals surface area contributed by atoms with Crippen LogP contribution < -0.4 is 11.5 Å². The number of amides is 1. The quantitative estimate of drug-likeness (QED) is 0.286. The van der Waals surface area contributed by atoms with Crippen molar-refractivity contribution in [2.45, 2.75) is 84.5 Å². The van der Waals surface area contributed by atoms with Gasteiger partial charge in [0.2, 0.25) is 5.91 Å². The Balaban J connectivity index is -0.000000434. The molecule has 0 aromatic heterocycles. The number of unbranched alkanes of at least 4 members (excludes halogenated alkanes) is 6. The van der Waals surface area contributed by atoms with Crippen LogP contribution in [-0.4, -0.2) is 39.8 Å². The van der Waals surface area contributed by atoms with Crippen molar-refractivity contribution < 1.29 is 19.0 Å². The zero-order valence-corrected chi connectivity index (χ0v) is 18.0. The number of allylic oxidation sites excluding steroid dienone is 1. The molecule has 0 rings (SSSR count). The van der Waals surface area contributed by atoms with Crippen LogP contribution in [0.5, 0.6) is 0 Å². The first kappa shape index (κ1) is 29.8. The van der Waals surface area contributed by atoms with Crippen LogP contribution in [0.1, 0.15) is 78.6 Å². The molecule has 1 amide bonds. The number of primary amides is 1. The molecular formula is C20H44N2O4. The molecule has 0 aromatic carbocycles. The maximum atomic E-state index is 9.73. The topological polar surface area (TPSA) is 96.8 Å². The molecule has 0 aromatic rings. The Morgan fingerprint density at radius 3 is 1.58 bits per heavy atom. The summed E-state index contributed by atoms with van der Waals surface area (Å²) in [5.41, 5.74) is 9.70. The number of rotatable bonds is 13. The molecule has 6 heteroatoms. The summed E-state index contributed by atoms with van der Waals surface area (Å²) < 4.78 is 15.7. The van der Waals surface area contributed by atoms with Crippen LogP contribution in [0.4, 0.5) is 0 Å². The van der Waals surface area contributed by atoms with Gasteiger partial charge in [-0.1, -0.05) is 58.4 Å². The van der Waals surface area contributed by atoms with Gasteiger partial charge in [0.25, 0.3) is 5.97 Å². The van der Waals surface area contributed by atoms with Gasteiger partial charge in [0, 0.05) is 27.8 Å². The van der Waals surface area contributed by atoms with Gasteiger partial charge in [-0.3, -0.25) is 4.79 Å². The first-order valence-electron chi connectivity index (χ1n) is 9.71. The average Bonchev–Trinajstić information content (AvgIpc) is 2.65. The van der Waals surface area contributed by atoms with E-state index in [9.17, 15) is 4.79 Å². The lowest BCUT2D eigenvalue weighted by molar-refractivity contribution is -0.355. The van der Waals surface area contributed by atoms with Crippen molar-refractivity contribution in [3.63, 3.8) is 0 Å². The van der Waals surface area contributed by atoms with Gasteiger partial charge in [-0.05, 0) is 32.4 Å². The summed E-state index contributed by atoms with van der Waals surface area (Å²) in [4.78, 5) is 9.73. The first-order chi connectivity index (χ1) is 12.4. The van der Waals surface area contributed by atoms with E-state index in [0.29, 0.717) is 0 Å². The van der Waals surface area contributed by atoms with Gasteiger partial charge in [0.05, 0.1) is 0 Å². The molecule has 0 fully saturated rings. The van der Waals surface area contributed by atoms with Crippen molar-refractivity contribution in [2.75, 3.05) is 27.9 Å². The molecule has 0 aliphatic heterocycles. The molecule has 0 radical (unpaired) electrons. The molecule has 4 N–H and O–H groups in total. The summed E-state index contributed by atoms with van der Waals surface area (Å²) in [5.74, 6) is -1.22. The second kappa shape index (κ2) is 24.1. The highest BCUT2D eigenvalue weighted by Crippen LogP contribution is 2.21. The third-order valence-corrected chi connectivity index (χ3v) is 3.64. The van der Waals surface area contributed by atoms with Crippen molar-refractivity contribution >= 4 is 5.91 Å². The third kappa shape index (κ3) is 23.1. The number of hydrogen-bond acceptors (Lipinski definition) is 5. The zero-order valence-electron chi connectivity index (χ0n) is 18.0. The van der Waals surface area contributed by atoms with E-state index in [-0.39, 0.29) is 0 Å². The van der Waals surface area contributed by atoms with Gasteiger partial charge < -0.3 is 25.7 Å². The standard InChI is InChI=1S/C13H28O3.C4H7NO.C3H9N/c1-5-6-7-8-9-10-11-12-13(14-2,15-3)16-4;1-2-3-4(5)6;1-2-3-4/h5-12H2,1-4H3;2-3H,1H3,(H2,5,6);2-4H2,1H3. The first-order valence-corrected chi connectivity index (χ1v) is 9.71. The van der Waals surface area contributed by atoms with Gasteiger partial charge >= 0.3 is 0 Å². The number of nitrogens with two attached hydrogens (primary N) is 2. The second-order valence-corrected chi connectivity index (χ2v) is 5.86. The van der Waals surface area contributed by atoms with Gasteiger partial charge in [-0.2, -0.15) is 0 Å². The van der Waals surface area contributed by atoms with E-state index in [0.717, 1.165) is 25.8 Å². The Hall–Kier alpha value is -0.950. The number of methoxy groups -OCH3 is 3. The third-order valence-electron chi connectivity index (χ3n) is 3.64. The van der Waals surface area contributed by atoms with Crippen LogP contribution in [0.3, 0.4) is 0 Å². The van der Waals surface area contributed by atoms with Crippen molar-refractivity contribution in [1.29, 1.82) is 0 Å². The summed E-state index contributed by atoms with van der Waals surface area (Å²) in [7, 11) is 4.86. The highest BCUT2D eigenvalue weighted by atomic mass is 16.9. The lowest BCUT2D eigenvalue weighted by Crippen LogP contribution is -2.35. The minimum Gasteiger partial charge on any atom is -0.366 e. The van der Waals surface area contributed by atoms with Crippen LogP contribution in [0.25, 0.3) is 0 Å². The maximum Gasteiger partial charge on any atom is 0.282 e. The Labute approximate surface area is 161 Å². The fraction of sp³-hybridized carbons (Fsp3) is 0.850. The van der Waals surface area contributed by atoms with Crippen LogP contribution in [0, 0.1) is 0 Å². The Morgan fingerprint density at radius 2 is 1.31 bits per heavy atom. The van der Waals surface area contributed by atoms with E-state index in [1.807, 2.05) is 0 Å². The molecule has 26 heavy (non-hydrogen) atoms. The monoisotopic (exact) mass is 376 g/mol. The minimum atomic E-state index is -0.830. The Morgan fingerprint density at radius 1 is 0.885 bits per heavy atom. The molecule has 0 bridgehead atoms. The fourth-order valence-electron chi connectivity index (χ4n) is 2.02. The summed E-state index contributed by atoms with van der Waals surface area (Å²) in [5, 5.41) is 0. The lowest BCUT2D eigenvalue weighted by atomic mass is 10.1. The highest BCUT2D eigenvalue weighted by molar-refractivity contribution is 5.85. The van der Waals surface area contributed by atoms with E-state index in [4.69, 9.17) is 19.9 Å². The van der Waals surface area contributed by atoms with Gasteiger partial charge in [0.1, 0.15) is 0 Å². The molecule has 0 unspecified atom stereocenters. The number of hydrogen-bond donors (Lipinski definition) is 2. The molecule has 6 nitrogen and oxygen atoms in total. The number of carbonyl (C=O) groups is 1. The van der Waals surface area contributed by atoms with Crippen LogP contribution in [0.15, 0.2) is 12.2 Å². The minimum absolute atomic E-state index is 0.391. The smallest absolute Gasteiger partial charge is 0.282 e. The largest absolute Gasteiger partial charge is 0.366 e. The molecule has 0 atom stereocenters. The van der Waals surface area contributed by atoms with E-state index < -0.39 is 11.9 Å². The summed E-state index contributed by atoms with van der Waals surface area (Å²) >= 11 is 0. The molecule has 0 saturated heterocycles. The molecule has 0 spiro atoms. The summed E-state index contributed by atoms with van der Waals surface area (Å²) in [6.07, 6.45) is 13.8. The second-order valence-electron chi connectivity index (χ2n) is 5.86. The molecule has 0 aliphatic rings. The molecule has 0 aliphatic carbocycles. The zero-order chi connectivity index (χ0) is 20.7. The van der Waals surface area contributed by atoms with Crippen LogP contribution in [0.2, 0.25) is 0 Å². The number of ether oxygens (including phenoxy) is 3. The summed E-state index contributed by atoms with van der Waals surface area (Å²) in [6.45, 7) is 6.86. The Bertz CT molecular complexity index is 296. The molecular weight excluding hydrogens is 332 g/mol. The van der Waals surface area contributed by atoms with E-state index in [1.54, 1.807) is 34.3 Å². The van der Waals surface area contributed by atoms with Crippen LogP contribution >= 0.6 is 0 Å². The van der Waals surface area contributed by atoms with E-state index in [2.05, 4.69) is 19.6 Å². The Kier molecular flexibility index (Phi) is 27.6. The SMILES string of the molecule is CC=CC(N)=O.CCCCCCCCCC(OC)(OC)OC.CCCN.